The number of aromatic nitrogens is 2. The van der Waals surface area contributed by atoms with Crippen LogP contribution in [-0.2, 0) is 0 Å². The van der Waals surface area contributed by atoms with Gasteiger partial charge in [-0.2, -0.15) is 0 Å². The van der Waals surface area contributed by atoms with Gasteiger partial charge < -0.3 is 5.73 Å². The second kappa shape index (κ2) is 3.87. The minimum absolute atomic E-state index is 0.516. The third kappa shape index (κ3) is 1.72. The van der Waals surface area contributed by atoms with E-state index in [1.807, 2.05) is 48.5 Å². The Bertz CT molecular complexity index is 663. The Labute approximate surface area is 98.9 Å². The fraction of sp³-hybridized carbons (Fsp3) is 0. The molecule has 0 atom stereocenters. The Morgan fingerprint density at radius 2 is 1.76 bits per heavy atom. The van der Waals surface area contributed by atoms with Gasteiger partial charge in [0.05, 0.1) is 0 Å². The second-order valence-electron chi connectivity index (χ2n) is 3.84. The van der Waals surface area contributed by atoms with Gasteiger partial charge in [-0.1, -0.05) is 30.3 Å². The fourth-order valence-corrected chi connectivity index (χ4v) is 1.87. The van der Waals surface area contributed by atoms with Gasteiger partial charge in [0.2, 0.25) is 0 Å². The van der Waals surface area contributed by atoms with Crippen LogP contribution in [0.5, 0.6) is 0 Å². The molecule has 3 heteroatoms. The summed E-state index contributed by atoms with van der Waals surface area (Å²) in [5, 5.41) is 1.00. The van der Waals surface area contributed by atoms with Crippen molar-refractivity contribution in [3.05, 3.63) is 54.7 Å². The Morgan fingerprint density at radius 3 is 2.59 bits per heavy atom. The fourth-order valence-electron chi connectivity index (χ4n) is 1.87. The third-order valence-corrected chi connectivity index (χ3v) is 2.70. The predicted octanol–water partition coefficient (Wildman–Crippen LogP) is 2.88. The lowest BCUT2D eigenvalue weighted by atomic mass is 10.1. The molecule has 2 N–H and O–H groups in total. The van der Waals surface area contributed by atoms with Crippen molar-refractivity contribution in [3.63, 3.8) is 0 Å². The Balaban J connectivity index is 2.27. The first-order valence-corrected chi connectivity index (χ1v) is 5.41. The molecule has 3 nitrogen and oxygen atoms in total. The molecule has 0 unspecified atom stereocenters. The quantitative estimate of drug-likeness (QED) is 0.687. The van der Waals surface area contributed by atoms with Gasteiger partial charge >= 0.3 is 0 Å². The summed E-state index contributed by atoms with van der Waals surface area (Å²) in [5.41, 5.74) is 8.67. The van der Waals surface area contributed by atoms with Crippen molar-refractivity contribution in [2.24, 2.45) is 0 Å². The van der Waals surface area contributed by atoms with E-state index in [1.54, 1.807) is 6.20 Å². The maximum absolute atomic E-state index is 5.97. The Hall–Kier alpha value is -2.42. The topological polar surface area (TPSA) is 51.8 Å². The van der Waals surface area contributed by atoms with Gasteiger partial charge in [-0.25, -0.2) is 9.97 Å². The SMILES string of the molecule is Nc1nc2ncccc2cc1-c1ccccc1. The zero-order chi connectivity index (χ0) is 11.7. The summed E-state index contributed by atoms with van der Waals surface area (Å²) in [6.07, 6.45) is 1.72. The number of anilines is 1. The summed E-state index contributed by atoms with van der Waals surface area (Å²) in [6.45, 7) is 0. The number of hydrogen-bond donors (Lipinski definition) is 1. The van der Waals surface area contributed by atoms with E-state index in [0.29, 0.717) is 11.5 Å². The molecule has 0 saturated heterocycles. The van der Waals surface area contributed by atoms with E-state index in [9.17, 15) is 0 Å². The van der Waals surface area contributed by atoms with Gasteiger partial charge in [-0.15, -0.1) is 0 Å². The third-order valence-electron chi connectivity index (χ3n) is 2.70. The molecule has 3 aromatic rings. The summed E-state index contributed by atoms with van der Waals surface area (Å²) in [7, 11) is 0. The van der Waals surface area contributed by atoms with Crippen LogP contribution in [0.15, 0.2) is 54.7 Å². The van der Waals surface area contributed by atoms with Crippen molar-refractivity contribution in [1.29, 1.82) is 0 Å². The number of hydrogen-bond acceptors (Lipinski definition) is 3. The average Bonchev–Trinajstić information content (AvgIpc) is 2.39. The zero-order valence-corrected chi connectivity index (χ0v) is 9.17. The highest BCUT2D eigenvalue weighted by molar-refractivity contribution is 5.86. The zero-order valence-electron chi connectivity index (χ0n) is 9.17. The molecule has 2 aromatic heterocycles. The lowest BCUT2D eigenvalue weighted by molar-refractivity contribution is 1.29. The molecule has 0 radical (unpaired) electrons. The summed E-state index contributed by atoms with van der Waals surface area (Å²) >= 11 is 0. The predicted molar refractivity (Wildman–Crippen MR) is 69.4 cm³/mol. The summed E-state index contributed by atoms with van der Waals surface area (Å²) in [4.78, 5) is 8.50. The van der Waals surface area contributed by atoms with Crippen molar-refractivity contribution in [3.8, 4) is 11.1 Å². The number of pyridine rings is 2. The standard InChI is InChI=1S/C14H11N3/c15-13-12(10-5-2-1-3-6-10)9-11-7-4-8-16-14(11)17-13/h1-9H,(H2,15,16,17). The second-order valence-corrected chi connectivity index (χ2v) is 3.84. The van der Waals surface area contributed by atoms with E-state index < -0.39 is 0 Å². The molecule has 17 heavy (non-hydrogen) atoms. The minimum Gasteiger partial charge on any atom is -0.383 e. The lowest BCUT2D eigenvalue weighted by Crippen LogP contribution is -1.95. The highest BCUT2D eigenvalue weighted by Gasteiger charge is 2.06. The molecule has 0 aliphatic carbocycles. The first kappa shape index (κ1) is 9.78. The monoisotopic (exact) mass is 221 g/mol. The van der Waals surface area contributed by atoms with Crippen molar-refractivity contribution in [2.75, 3.05) is 5.73 Å². The van der Waals surface area contributed by atoms with Crippen LogP contribution < -0.4 is 5.73 Å². The van der Waals surface area contributed by atoms with Crippen molar-refractivity contribution >= 4 is 16.9 Å². The van der Waals surface area contributed by atoms with Crippen molar-refractivity contribution in [2.45, 2.75) is 0 Å². The van der Waals surface area contributed by atoms with Crippen molar-refractivity contribution < 1.29 is 0 Å². The van der Waals surface area contributed by atoms with Crippen LogP contribution in [0.4, 0.5) is 5.82 Å². The molecular formula is C14H11N3. The molecule has 2 heterocycles. The number of nitrogens with two attached hydrogens (primary N) is 1. The maximum Gasteiger partial charge on any atom is 0.161 e. The number of benzene rings is 1. The van der Waals surface area contributed by atoms with E-state index in [-0.39, 0.29) is 0 Å². The number of nitrogen functional groups attached to an aromatic ring is 1. The van der Waals surface area contributed by atoms with Crippen LogP contribution in [0.1, 0.15) is 0 Å². The van der Waals surface area contributed by atoms with Crippen molar-refractivity contribution in [1.82, 2.24) is 9.97 Å². The van der Waals surface area contributed by atoms with Crippen LogP contribution >= 0.6 is 0 Å². The van der Waals surface area contributed by atoms with Gasteiger partial charge in [0, 0.05) is 17.1 Å². The van der Waals surface area contributed by atoms with Crippen LogP contribution in [0.3, 0.4) is 0 Å². The molecule has 0 aliphatic rings. The number of rotatable bonds is 1. The Kier molecular flexibility index (Phi) is 2.22. The largest absolute Gasteiger partial charge is 0.383 e. The van der Waals surface area contributed by atoms with E-state index >= 15 is 0 Å². The van der Waals surface area contributed by atoms with Crippen LogP contribution in [0, 0.1) is 0 Å². The van der Waals surface area contributed by atoms with E-state index in [1.165, 1.54) is 0 Å². The molecule has 0 fully saturated rings. The molecule has 0 aliphatic heterocycles. The molecular weight excluding hydrogens is 210 g/mol. The van der Waals surface area contributed by atoms with Gasteiger partial charge in [-0.3, -0.25) is 0 Å². The van der Waals surface area contributed by atoms with Gasteiger partial charge in [0.25, 0.3) is 0 Å². The summed E-state index contributed by atoms with van der Waals surface area (Å²) < 4.78 is 0. The maximum atomic E-state index is 5.97. The molecule has 82 valence electrons. The number of fused-ring (bicyclic) bond motifs is 1. The van der Waals surface area contributed by atoms with Crippen LogP contribution in [0.2, 0.25) is 0 Å². The Morgan fingerprint density at radius 1 is 0.941 bits per heavy atom. The minimum atomic E-state index is 0.516. The first-order valence-electron chi connectivity index (χ1n) is 5.41. The van der Waals surface area contributed by atoms with Gasteiger partial charge in [0.15, 0.2) is 5.65 Å². The lowest BCUT2D eigenvalue weighted by Gasteiger charge is -2.06. The summed E-state index contributed by atoms with van der Waals surface area (Å²) in [6, 6.07) is 15.9. The number of nitrogens with zero attached hydrogens (tertiary/aromatic N) is 2. The van der Waals surface area contributed by atoms with E-state index in [2.05, 4.69) is 9.97 Å². The van der Waals surface area contributed by atoms with Gasteiger partial charge in [-0.05, 0) is 23.8 Å². The molecule has 0 spiro atoms. The summed E-state index contributed by atoms with van der Waals surface area (Å²) in [5.74, 6) is 0.516. The average molecular weight is 221 g/mol. The first-order chi connectivity index (χ1) is 8.34. The van der Waals surface area contributed by atoms with E-state index in [0.717, 1.165) is 16.5 Å². The highest BCUT2D eigenvalue weighted by Crippen LogP contribution is 2.26. The van der Waals surface area contributed by atoms with Crippen LogP contribution in [-0.4, -0.2) is 9.97 Å². The molecule has 0 saturated carbocycles. The highest BCUT2D eigenvalue weighted by atomic mass is 14.9. The molecule has 0 bridgehead atoms. The van der Waals surface area contributed by atoms with E-state index in [4.69, 9.17) is 5.73 Å². The molecule has 1 aromatic carbocycles. The van der Waals surface area contributed by atoms with Crippen LogP contribution in [0.25, 0.3) is 22.2 Å². The normalized spacial score (nSPS) is 10.6. The smallest absolute Gasteiger partial charge is 0.161 e. The molecule has 0 amide bonds. The van der Waals surface area contributed by atoms with Gasteiger partial charge in [0.1, 0.15) is 5.82 Å². The molecule has 3 rings (SSSR count).